The molecule has 0 saturated carbocycles. The van der Waals surface area contributed by atoms with Crippen LogP contribution in [0.25, 0.3) is 10.9 Å². The van der Waals surface area contributed by atoms with Crippen molar-refractivity contribution < 1.29 is 18.9 Å². The van der Waals surface area contributed by atoms with Crippen molar-refractivity contribution >= 4 is 22.4 Å². The lowest BCUT2D eigenvalue weighted by Gasteiger charge is -2.20. The second-order valence-corrected chi connectivity index (χ2v) is 9.20. The maximum Gasteiger partial charge on any atom is 0.231 e. The van der Waals surface area contributed by atoms with E-state index in [0.717, 1.165) is 79.8 Å². The van der Waals surface area contributed by atoms with E-state index >= 15 is 0 Å². The van der Waals surface area contributed by atoms with Crippen molar-refractivity contribution in [2.45, 2.75) is 39.2 Å². The summed E-state index contributed by atoms with van der Waals surface area (Å²) in [5.41, 5.74) is 2.78. The number of anilines is 2. The molecule has 0 unspecified atom stereocenters. The Hall–Kier alpha value is -3.30. The molecule has 0 aliphatic carbocycles. The van der Waals surface area contributed by atoms with Crippen molar-refractivity contribution in [2.75, 3.05) is 52.0 Å². The normalized spacial score (nSPS) is 16.1. The van der Waals surface area contributed by atoms with Gasteiger partial charge in [-0.2, -0.15) is 0 Å². The van der Waals surface area contributed by atoms with Gasteiger partial charge in [0.05, 0.1) is 24.4 Å². The molecule has 2 aromatic carbocycles. The molecule has 192 valence electrons. The summed E-state index contributed by atoms with van der Waals surface area (Å²) in [6.07, 6.45) is 5.67. The minimum atomic E-state index is 0.209. The molecule has 9 heteroatoms. The summed E-state index contributed by atoms with van der Waals surface area (Å²) < 4.78 is 23.9. The van der Waals surface area contributed by atoms with Gasteiger partial charge < -0.3 is 34.5 Å². The van der Waals surface area contributed by atoms with Crippen LogP contribution in [0.1, 0.15) is 38.2 Å². The molecule has 2 aliphatic rings. The number of rotatable bonds is 6. The number of nitrogens with one attached hydrogen (secondary N) is 2. The van der Waals surface area contributed by atoms with E-state index in [4.69, 9.17) is 18.9 Å². The molecule has 0 spiro atoms. The number of hydrogen-bond donors (Lipinski definition) is 2. The highest BCUT2D eigenvalue weighted by atomic mass is 16.7. The number of nitrogens with zero attached hydrogens (tertiary/aromatic N) is 3. The molecule has 0 saturated heterocycles. The smallest absolute Gasteiger partial charge is 0.231 e. The molecule has 2 bridgehead atoms. The van der Waals surface area contributed by atoms with Crippen LogP contribution in [-0.2, 0) is 6.54 Å². The zero-order chi connectivity index (χ0) is 24.7. The number of hydrogen-bond acceptors (Lipinski definition) is 9. The van der Waals surface area contributed by atoms with Gasteiger partial charge in [-0.05, 0) is 70.1 Å². The Bertz CT molecular complexity index is 1190. The molecule has 0 radical (unpaired) electrons. The molecule has 2 aliphatic heterocycles. The van der Waals surface area contributed by atoms with Crippen LogP contribution in [0.5, 0.6) is 23.0 Å². The molecule has 9 nitrogen and oxygen atoms in total. The van der Waals surface area contributed by atoms with Crippen LogP contribution >= 0.6 is 0 Å². The van der Waals surface area contributed by atoms with Gasteiger partial charge in [-0.25, -0.2) is 9.97 Å². The van der Waals surface area contributed by atoms with E-state index in [1.165, 1.54) is 0 Å². The van der Waals surface area contributed by atoms with Crippen LogP contribution in [0.4, 0.5) is 11.5 Å². The summed E-state index contributed by atoms with van der Waals surface area (Å²) in [7, 11) is 2.15. The van der Waals surface area contributed by atoms with Gasteiger partial charge in [-0.3, -0.25) is 0 Å². The van der Waals surface area contributed by atoms with Crippen molar-refractivity contribution in [1.29, 1.82) is 0 Å². The maximum absolute atomic E-state index is 6.24. The van der Waals surface area contributed by atoms with Gasteiger partial charge in [0.25, 0.3) is 0 Å². The van der Waals surface area contributed by atoms with Crippen molar-refractivity contribution in [3.8, 4) is 23.0 Å². The first-order chi connectivity index (χ1) is 17.7. The van der Waals surface area contributed by atoms with Crippen molar-refractivity contribution in [1.82, 2.24) is 20.2 Å². The third kappa shape index (κ3) is 5.57. The Morgan fingerprint density at radius 2 is 2.03 bits per heavy atom. The largest absolute Gasteiger partial charge is 0.490 e. The van der Waals surface area contributed by atoms with Crippen LogP contribution < -0.4 is 29.6 Å². The fraction of sp³-hybridized carbons (Fsp3) is 0.481. The lowest BCUT2D eigenvalue weighted by atomic mass is 10.1. The molecule has 1 aromatic heterocycles. The van der Waals surface area contributed by atoms with Crippen LogP contribution in [0.3, 0.4) is 0 Å². The third-order valence-corrected chi connectivity index (χ3v) is 6.46. The maximum atomic E-state index is 6.24. The van der Waals surface area contributed by atoms with Gasteiger partial charge in [0.1, 0.15) is 12.1 Å². The number of benzene rings is 2. The fourth-order valence-electron chi connectivity index (χ4n) is 4.56. The standard InChI is InChI=1S/C27H35N5O4/c1-3-28-10-7-13-34-24-15-21-20-14-23(24)33-12-6-4-5-11-32(2)16-19-8-9-22-26(36-18-35-22)25(19)31-27(20)30-17-29-21/h8-9,14-15,17,28H,3-7,10-13,16,18H2,1-2H3,(H,29,30,31). The van der Waals surface area contributed by atoms with E-state index in [-0.39, 0.29) is 6.79 Å². The van der Waals surface area contributed by atoms with E-state index in [0.29, 0.717) is 36.3 Å². The summed E-state index contributed by atoms with van der Waals surface area (Å²) in [6.45, 7) is 7.21. The van der Waals surface area contributed by atoms with Crippen molar-refractivity contribution in [2.24, 2.45) is 0 Å². The van der Waals surface area contributed by atoms with E-state index < -0.39 is 0 Å². The molecule has 5 rings (SSSR count). The number of aromatic nitrogens is 2. The monoisotopic (exact) mass is 493 g/mol. The van der Waals surface area contributed by atoms with Crippen LogP contribution in [-0.4, -0.2) is 61.6 Å². The average Bonchev–Trinajstić information content (AvgIpc) is 3.36. The van der Waals surface area contributed by atoms with Gasteiger partial charge in [0.2, 0.25) is 6.79 Å². The first-order valence-electron chi connectivity index (χ1n) is 12.8. The summed E-state index contributed by atoms with van der Waals surface area (Å²) in [4.78, 5) is 11.5. The highest BCUT2D eigenvalue weighted by molar-refractivity contribution is 5.94. The zero-order valence-electron chi connectivity index (χ0n) is 21.1. The molecule has 0 fully saturated rings. The highest BCUT2D eigenvalue weighted by Gasteiger charge is 2.23. The number of fused-ring (bicyclic) bond motifs is 4. The number of ether oxygens (including phenoxy) is 4. The third-order valence-electron chi connectivity index (χ3n) is 6.46. The van der Waals surface area contributed by atoms with Crippen molar-refractivity contribution in [3.05, 3.63) is 36.2 Å². The molecule has 0 atom stereocenters. The second-order valence-electron chi connectivity index (χ2n) is 9.20. The summed E-state index contributed by atoms with van der Waals surface area (Å²) >= 11 is 0. The summed E-state index contributed by atoms with van der Waals surface area (Å²) in [6, 6.07) is 8.02. The predicted octanol–water partition coefficient (Wildman–Crippen LogP) is 4.48. The van der Waals surface area contributed by atoms with E-state index in [9.17, 15) is 0 Å². The summed E-state index contributed by atoms with van der Waals surface area (Å²) in [5.74, 6) is 3.57. The van der Waals surface area contributed by atoms with Crippen LogP contribution in [0.15, 0.2) is 30.6 Å². The Labute approximate surface area is 212 Å². The van der Waals surface area contributed by atoms with Gasteiger partial charge in [-0.1, -0.05) is 13.0 Å². The van der Waals surface area contributed by atoms with Gasteiger partial charge >= 0.3 is 0 Å². The Morgan fingerprint density at radius 1 is 1.08 bits per heavy atom. The second kappa shape index (κ2) is 11.6. The lowest BCUT2D eigenvalue weighted by molar-refractivity contribution is 0.174. The topological polar surface area (TPSA) is 90.0 Å². The van der Waals surface area contributed by atoms with E-state index in [1.807, 2.05) is 18.2 Å². The minimum absolute atomic E-state index is 0.209. The SMILES string of the molecule is CCNCCCOc1cc2ncnc3c2cc1OCCCCCN(C)Cc1ccc2c(c1N3)OCO2. The summed E-state index contributed by atoms with van der Waals surface area (Å²) in [5, 5.41) is 7.74. The molecule has 2 N–H and O–H groups in total. The molecular weight excluding hydrogens is 458 g/mol. The van der Waals surface area contributed by atoms with Gasteiger partial charge in [0, 0.05) is 18.0 Å². The van der Waals surface area contributed by atoms with Crippen LogP contribution in [0, 0.1) is 0 Å². The minimum Gasteiger partial charge on any atom is -0.490 e. The molecular formula is C27H35N5O4. The zero-order valence-corrected chi connectivity index (χ0v) is 21.1. The first kappa shape index (κ1) is 24.4. The van der Waals surface area contributed by atoms with Gasteiger partial charge in [0.15, 0.2) is 23.0 Å². The first-order valence-corrected chi connectivity index (χ1v) is 12.8. The Morgan fingerprint density at radius 3 is 2.94 bits per heavy atom. The van der Waals surface area contributed by atoms with Crippen LogP contribution in [0.2, 0.25) is 0 Å². The van der Waals surface area contributed by atoms with E-state index in [2.05, 4.69) is 45.5 Å². The molecule has 3 aromatic rings. The molecule has 0 amide bonds. The molecule has 36 heavy (non-hydrogen) atoms. The fourth-order valence-corrected chi connectivity index (χ4v) is 4.56. The van der Waals surface area contributed by atoms with E-state index in [1.54, 1.807) is 6.33 Å². The Balaban J connectivity index is 1.52. The van der Waals surface area contributed by atoms with Gasteiger partial charge in [-0.15, -0.1) is 0 Å². The average molecular weight is 494 g/mol. The highest BCUT2D eigenvalue weighted by Crippen LogP contribution is 2.44. The predicted molar refractivity (Wildman–Crippen MR) is 140 cm³/mol. The van der Waals surface area contributed by atoms with Crippen molar-refractivity contribution in [3.63, 3.8) is 0 Å². The quantitative estimate of drug-likeness (QED) is 0.483. The molecule has 3 heterocycles. The lowest BCUT2D eigenvalue weighted by Crippen LogP contribution is -2.20. The Kier molecular flexibility index (Phi) is 7.88.